The molecule has 0 saturated carbocycles. The number of benzene rings is 2. The highest BCUT2D eigenvalue weighted by Gasteiger charge is 2.15. The van der Waals surface area contributed by atoms with E-state index >= 15 is 0 Å². The Morgan fingerprint density at radius 2 is 2.05 bits per heavy atom. The number of hydrogen-bond acceptors (Lipinski definition) is 3. The molecule has 1 saturated heterocycles. The van der Waals surface area contributed by atoms with Crippen LogP contribution in [0.5, 0.6) is 5.75 Å². The molecule has 0 aliphatic carbocycles. The second kappa shape index (κ2) is 6.95. The predicted octanol–water partition coefficient (Wildman–Crippen LogP) is 3.55. The molecule has 3 nitrogen and oxygen atoms in total. The van der Waals surface area contributed by atoms with Crippen molar-refractivity contribution in [1.82, 2.24) is 5.32 Å². The molecule has 1 aliphatic rings. The minimum Gasteiger partial charge on any atom is -0.496 e. The van der Waals surface area contributed by atoms with Gasteiger partial charge in [0.25, 0.3) is 0 Å². The lowest BCUT2D eigenvalue weighted by atomic mass is 9.98. The van der Waals surface area contributed by atoms with Crippen LogP contribution in [0.2, 0.25) is 0 Å². The Morgan fingerprint density at radius 3 is 2.77 bits per heavy atom. The van der Waals surface area contributed by atoms with E-state index in [1.807, 2.05) is 6.07 Å². The Labute approximate surface area is 132 Å². The van der Waals surface area contributed by atoms with Crippen LogP contribution in [0.25, 0.3) is 11.1 Å². The lowest BCUT2D eigenvalue weighted by Gasteiger charge is -2.15. The third-order valence-electron chi connectivity index (χ3n) is 4.21. The molecule has 116 valence electrons. The van der Waals surface area contributed by atoms with Crippen molar-refractivity contribution < 1.29 is 9.47 Å². The van der Waals surface area contributed by atoms with E-state index in [0.29, 0.717) is 12.7 Å². The maximum absolute atomic E-state index is 6.04. The van der Waals surface area contributed by atoms with Crippen LogP contribution in [-0.2, 0) is 11.3 Å². The third-order valence-corrected chi connectivity index (χ3v) is 4.21. The highest BCUT2D eigenvalue weighted by atomic mass is 16.5. The van der Waals surface area contributed by atoms with Crippen molar-refractivity contribution in [1.29, 1.82) is 0 Å². The second-order valence-corrected chi connectivity index (χ2v) is 5.77. The molecule has 1 fully saturated rings. The summed E-state index contributed by atoms with van der Waals surface area (Å²) in [6.07, 6.45) is 1.44. The molecule has 0 aromatic heterocycles. The average molecular weight is 297 g/mol. The van der Waals surface area contributed by atoms with Crippen LogP contribution >= 0.6 is 0 Å². The zero-order chi connectivity index (χ0) is 15.4. The van der Waals surface area contributed by atoms with Gasteiger partial charge in [-0.2, -0.15) is 0 Å². The summed E-state index contributed by atoms with van der Waals surface area (Å²) in [6.45, 7) is 4.76. The van der Waals surface area contributed by atoms with E-state index in [2.05, 4.69) is 48.6 Å². The van der Waals surface area contributed by atoms with Crippen molar-refractivity contribution in [2.45, 2.75) is 26.1 Å². The quantitative estimate of drug-likeness (QED) is 0.915. The van der Waals surface area contributed by atoms with E-state index in [-0.39, 0.29) is 0 Å². The number of rotatable bonds is 5. The van der Waals surface area contributed by atoms with Crippen molar-refractivity contribution in [3.8, 4) is 16.9 Å². The van der Waals surface area contributed by atoms with Crippen LogP contribution in [0.1, 0.15) is 17.5 Å². The zero-order valence-electron chi connectivity index (χ0n) is 13.3. The number of methoxy groups -OCH3 is 1. The Balaban J connectivity index is 1.82. The van der Waals surface area contributed by atoms with Crippen LogP contribution in [-0.4, -0.2) is 26.3 Å². The SMILES string of the molecule is COc1ccc(-c2ccccc2CO[C@H]2CCNC2)cc1C. The summed E-state index contributed by atoms with van der Waals surface area (Å²) < 4.78 is 11.4. The zero-order valence-corrected chi connectivity index (χ0v) is 13.3. The topological polar surface area (TPSA) is 30.5 Å². The molecule has 1 aliphatic heterocycles. The summed E-state index contributed by atoms with van der Waals surface area (Å²) in [5.41, 5.74) is 4.83. The second-order valence-electron chi connectivity index (χ2n) is 5.77. The lowest BCUT2D eigenvalue weighted by Crippen LogP contribution is -2.16. The molecule has 0 radical (unpaired) electrons. The molecule has 3 heteroatoms. The van der Waals surface area contributed by atoms with Crippen LogP contribution in [0.4, 0.5) is 0 Å². The molecule has 0 unspecified atom stereocenters. The Kier molecular flexibility index (Phi) is 4.76. The number of aryl methyl sites for hydroxylation is 1. The Morgan fingerprint density at radius 1 is 1.18 bits per heavy atom. The van der Waals surface area contributed by atoms with E-state index < -0.39 is 0 Å². The summed E-state index contributed by atoms with van der Waals surface area (Å²) in [5.74, 6) is 0.925. The van der Waals surface area contributed by atoms with Crippen molar-refractivity contribution in [3.05, 3.63) is 53.6 Å². The lowest BCUT2D eigenvalue weighted by molar-refractivity contribution is 0.0545. The highest BCUT2D eigenvalue weighted by molar-refractivity contribution is 5.69. The minimum atomic E-state index is 0.339. The monoisotopic (exact) mass is 297 g/mol. The van der Waals surface area contributed by atoms with Gasteiger partial charge in [0.2, 0.25) is 0 Å². The van der Waals surface area contributed by atoms with Gasteiger partial charge in [0.15, 0.2) is 0 Å². The van der Waals surface area contributed by atoms with Gasteiger partial charge in [0.05, 0.1) is 19.8 Å². The van der Waals surface area contributed by atoms with E-state index in [1.54, 1.807) is 7.11 Å². The first-order valence-corrected chi connectivity index (χ1v) is 7.83. The van der Waals surface area contributed by atoms with Gasteiger partial charge in [-0.05, 0) is 54.3 Å². The van der Waals surface area contributed by atoms with Gasteiger partial charge in [0.1, 0.15) is 5.75 Å². The molecule has 2 aromatic carbocycles. The van der Waals surface area contributed by atoms with E-state index in [9.17, 15) is 0 Å². The third kappa shape index (κ3) is 3.32. The van der Waals surface area contributed by atoms with Gasteiger partial charge in [-0.25, -0.2) is 0 Å². The van der Waals surface area contributed by atoms with Gasteiger partial charge >= 0.3 is 0 Å². The van der Waals surface area contributed by atoms with E-state index in [1.165, 1.54) is 16.7 Å². The van der Waals surface area contributed by atoms with Gasteiger partial charge in [-0.1, -0.05) is 30.3 Å². The molecule has 1 heterocycles. The average Bonchev–Trinajstić information content (AvgIpc) is 3.06. The van der Waals surface area contributed by atoms with Crippen LogP contribution in [0.3, 0.4) is 0 Å². The van der Waals surface area contributed by atoms with Crippen molar-refractivity contribution in [2.24, 2.45) is 0 Å². The normalized spacial score (nSPS) is 17.6. The fourth-order valence-corrected chi connectivity index (χ4v) is 2.95. The molecule has 2 aromatic rings. The van der Waals surface area contributed by atoms with Crippen LogP contribution < -0.4 is 10.1 Å². The molecular weight excluding hydrogens is 274 g/mol. The van der Waals surface area contributed by atoms with E-state index in [4.69, 9.17) is 9.47 Å². The summed E-state index contributed by atoms with van der Waals surface area (Å²) in [4.78, 5) is 0. The molecule has 0 bridgehead atoms. The molecule has 0 spiro atoms. The first-order valence-electron chi connectivity index (χ1n) is 7.83. The van der Waals surface area contributed by atoms with Gasteiger partial charge in [-0.3, -0.25) is 0 Å². The van der Waals surface area contributed by atoms with Crippen LogP contribution in [0.15, 0.2) is 42.5 Å². The molecule has 1 atom stereocenters. The standard InChI is InChI=1S/C19H23NO2/c1-14-11-15(7-8-19(14)21-2)18-6-4-3-5-16(18)13-22-17-9-10-20-12-17/h3-8,11,17,20H,9-10,12-13H2,1-2H3/t17-/m0/s1. The van der Waals surface area contributed by atoms with Crippen molar-refractivity contribution in [3.63, 3.8) is 0 Å². The summed E-state index contributed by atoms with van der Waals surface area (Å²) in [7, 11) is 1.71. The van der Waals surface area contributed by atoms with Gasteiger partial charge in [-0.15, -0.1) is 0 Å². The maximum Gasteiger partial charge on any atom is 0.121 e. The molecule has 0 amide bonds. The minimum absolute atomic E-state index is 0.339. The fraction of sp³-hybridized carbons (Fsp3) is 0.368. The summed E-state index contributed by atoms with van der Waals surface area (Å²) >= 11 is 0. The summed E-state index contributed by atoms with van der Waals surface area (Å²) in [6, 6.07) is 14.8. The smallest absolute Gasteiger partial charge is 0.121 e. The molecule has 22 heavy (non-hydrogen) atoms. The van der Waals surface area contributed by atoms with Gasteiger partial charge < -0.3 is 14.8 Å². The number of nitrogens with one attached hydrogen (secondary N) is 1. The Bertz CT molecular complexity index is 633. The number of ether oxygens (including phenoxy) is 2. The Hall–Kier alpha value is -1.84. The first kappa shape index (κ1) is 15.1. The number of hydrogen-bond donors (Lipinski definition) is 1. The van der Waals surface area contributed by atoms with E-state index in [0.717, 1.165) is 30.8 Å². The largest absolute Gasteiger partial charge is 0.496 e. The highest BCUT2D eigenvalue weighted by Crippen LogP contribution is 2.29. The maximum atomic E-state index is 6.04. The fourth-order valence-electron chi connectivity index (χ4n) is 2.95. The molecule has 3 rings (SSSR count). The van der Waals surface area contributed by atoms with Gasteiger partial charge in [0, 0.05) is 6.54 Å². The van der Waals surface area contributed by atoms with Crippen molar-refractivity contribution in [2.75, 3.05) is 20.2 Å². The predicted molar refractivity (Wildman–Crippen MR) is 89.2 cm³/mol. The first-order chi connectivity index (χ1) is 10.8. The van der Waals surface area contributed by atoms with Crippen molar-refractivity contribution >= 4 is 0 Å². The molecular formula is C19H23NO2. The summed E-state index contributed by atoms with van der Waals surface area (Å²) in [5, 5.41) is 3.34. The van der Waals surface area contributed by atoms with Crippen LogP contribution in [0, 0.1) is 6.92 Å². The molecule has 1 N–H and O–H groups in total.